The number of likely N-dealkylation sites (tertiary alicyclic amines) is 1. The van der Waals surface area contributed by atoms with E-state index in [2.05, 4.69) is 41.4 Å². The van der Waals surface area contributed by atoms with Crippen molar-refractivity contribution in [1.29, 1.82) is 0 Å². The van der Waals surface area contributed by atoms with Gasteiger partial charge < -0.3 is 11.1 Å². The molecule has 0 aromatic heterocycles. The molecule has 3 N–H and O–H groups in total. The second kappa shape index (κ2) is 9.04. The van der Waals surface area contributed by atoms with Crippen molar-refractivity contribution in [3.8, 4) is 0 Å². The SMILES string of the molecule is CC1CCCCN1Cc1ccc(CNC(=O)C2(N)CC2)cc1.Cl.Cl. The summed E-state index contributed by atoms with van der Waals surface area (Å²) in [7, 11) is 0. The molecule has 4 nitrogen and oxygen atoms in total. The van der Waals surface area contributed by atoms with Crippen molar-refractivity contribution in [2.45, 2.75) is 63.7 Å². The number of halogens is 2. The van der Waals surface area contributed by atoms with E-state index in [0.29, 0.717) is 12.6 Å². The Morgan fingerprint density at radius 1 is 1.21 bits per heavy atom. The lowest BCUT2D eigenvalue weighted by Crippen LogP contribution is -2.42. The van der Waals surface area contributed by atoms with Gasteiger partial charge in [-0.25, -0.2) is 0 Å². The molecule has 0 bridgehead atoms. The molecule has 1 saturated heterocycles. The first kappa shape index (κ1) is 21.2. The standard InChI is InChI=1S/C18H27N3O.2ClH/c1-14-4-2-3-11-21(14)13-16-7-5-15(6-8-16)12-20-17(22)18(19)9-10-18;;/h5-8,14H,2-4,9-13,19H2,1H3,(H,20,22);2*1H. The van der Waals surface area contributed by atoms with Crippen molar-refractivity contribution < 1.29 is 4.79 Å². The van der Waals surface area contributed by atoms with Gasteiger partial charge in [0, 0.05) is 19.1 Å². The zero-order chi connectivity index (χ0) is 15.6. The van der Waals surface area contributed by atoms with Crippen LogP contribution in [0.5, 0.6) is 0 Å². The summed E-state index contributed by atoms with van der Waals surface area (Å²) in [5.41, 5.74) is 7.78. The molecule has 1 aliphatic heterocycles. The van der Waals surface area contributed by atoms with E-state index in [1.54, 1.807) is 0 Å². The average Bonchev–Trinajstić information content (AvgIpc) is 3.28. The van der Waals surface area contributed by atoms with Gasteiger partial charge in [-0.15, -0.1) is 24.8 Å². The predicted octanol–water partition coefficient (Wildman–Crippen LogP) is 3.01. The number of benzene rings is 1. The Morgan fingerprint density at radius 2 is 1.83 bits per heavy atom. The lowest BCUT2D eigenvalue weighted by atomic mass is 10.0. The zero-order valence-electron chi connectivity index (χ0n) is 14.3. The molecule has 3 rings (SSSR count). The monoisotopic (exact) mass is 373 g/mol. The minimum absolute atomic E-state index is 0. The van der Waals surface area contributed by atoms with Crippen LogP contribution in [0.4, 0.5) is 0 Å². The number of nitrogens with zero attached hydrogens (tertiary/aromatic N) is 1. The summed E-state index contributed by atoms with van der Waals surface area (Å²) in [6.07, 6.45) is 5.61. The van der Waals surface area contributed by atoms with E-state index in [4.69, 9.17) is 5.73 Å². The summed E-state index contributed by atoms with van der Waals surface area (Å²) < 4.78 is 0. The average molecular weight is 374 g/mol. The minimum Gasteiger partial charge on any atom is -0.350 e. The van der Waals surface area contributed by atoms with E-state index in [-0.39, 0.29) is 30.7 Å². The topological polar surface area (TPSA) is 58.4 Å². The molecule has 0 radical (unpaired) electrons. The Hall–Kier alpha value is -0.810. The molecule has 0 spiro atoms. The molecule has 1 aromatic rings. The molecule has 2 aliphatic rings. The Labute approximate surface area is 157 Å². The van der Waals surface area contributed by atoms with Crippen LogP contribution < -0.4 is 11.1 Å². The third-order valence-corrected chi connectivity index (χ3v) is 5.04. The Morgan fingerprint density at radius 3 is 2.42 bits per heavy atom. The molecular formula is C18H29Cl2N3O. The Bertz CT molecular complexity index is 532. The fraction of sp³-hybridized carbons (Fsp3) is 0.611. The molecule has 1 aliphatic carbocycles. The predicted molar refractivity (Wildman–Crippen MR) is 103 cm³/mol. The molecule has 1 saturated carbocycles. The van der Waals surface area contributed by atoms with Gasteiger partial charge in [0.2, 0.25) is 5.91 Å². The molecule has 1 atom stereocenters. The molecule has 1 aromatic carbocycles. The van der Waals surface area contributed by atoms with Crippen LogP contribution in [0.1, 0.15) is 50.2 Å². The summed E-state index contributed by atoms with van der Waals surface area (Å²) in [5.74, 6) is -0.0151. The van der Waals surface area contributed by atoms with Crippen LogP contribution in [-0.2, 0) is 17.9 Å². The number of hydrogen-bond acceptors (Lipinski definition) is 3. The molecule has 2 fully saturated rings. The number of amides is 1. The molecule has 1 unspecified atom stereocenters. The number of nitrogens with two attached hydrogens (primary N) is 1. The first-order valence-electron chi connectivity index (χ1n) is 8.46. The summed E-state index contributed by atoms with van der Waals surface area (Å²) >= 11 is 0. The number of carbonyl (C=O) groups excluding carboxylic acids is 1. The number of hydrogen-bond donors (Lipinski definition) is 2. The normalized spacial score (nSPS) is 22.0. The summed E-state index contributed by atoms with van der Waals surface area (Å²) in [5, 5.41) is 2.93. The number of piperidine rings is 1. The summed E-state index contributed by atoms with van der Waals surface area (Å²) in [6.45, 7) is 5.12. The molecule has 136 valence electrons. The zero-order valence-corrected chi connectivity index (χ0v) is 15.9. The largest absolute Gasteiger partial charge is 0.350 e. The highest BCUT2D eigenvalue weighted by Gasteiger charge is 2.45. The highest BCUT2D eigenvalue weighted by Crippen LogP contribution is 2.32. The van der Waals surface area contributed by atoms with Crippen LogP contribution in [0.25, 0.3) is 0 Å². The summed E-state index contributed by atoms with van der Waals surface area (Å²) in [4.78, 5) is 14.4. The van der Waals surface area contributed by atoms with Crippen molar-refractivity contribution in [2.24, 2.45) is 5.73 Å². The fourth-order valence-corrected chi connectivity index (χ4v) is 3.11. The lowest BCUT2D eigenvalue weighted by molar-refractivity contribution is -0.123. The van der Waals surface area contributed by atoms with Crippen LogP contribution in [0.2, 0.25) is 0 Å². The molecule has 24 heavy (non-hydrogen) atoms. The second-order valence-corrected chi connectivity index (χ2v) is 6.97. The molecule has 1 heterocycles. The third kappa shape index (κ3) is 5.35. The van der Waals surface area contributed by atoms with Crippen molar-refractivity contribution in [2.75, 3.05) is 6.54 Å². The number of nitrogens with one attached hydrogen (secondary N) is 1. The van der Waals surface area contributed by atoms with Crippen molar-refractivity contribution in [3.63, 3.8) is 0 Å². The van der Waals surface area contributed by atoms with Gasteiger partial charge in [-0.3, -0.25) is 9.69 Å². The van der Waals surface area contributed by atoms with Gasteiger partial charge in [-0.05, 0) is 50.3 Å². The lowest BCUT2D eigenvalue weighted by Gasteiger charge is -2.33. The van der Waals surface area contributed by atoms with Gasteiger partial charge in [-0.1, -0.05) is 30.7 Å². The van der Waals surface area contributed by atoms with Gasteiger partial charge in [0.1, 0.15) is 0 Å². The number of rotatable bonds is 5. The van der Waals surface area contributed by atoms with Gasteiger partial charge in [0.05, 0.1) is 5.54 Å². The van der Waals surface area contributed by atoms with Crippen molar-refractivity contribution in [1.82, 2.24) is 10.2 Å². The maximum absolute atomic E-state index is 11.8. The van der Waals surface area contributed by atoms with Crippen LogP contribution in [0.3, 0.4) is 0 Å². The summed E-state index contributed by atoms with van der Waals surface area (Å²) in [6, 6.07) is 9.27. The fourth-order valence-electron chi connectivity index (χ4n) is 3.11. The Kier molecular flexibility index (Phi) is 8.00. The molecular weight excluding hydrogens is 345 g/mol. The maximum Gasteiger partial charge on any atom is 0.240 e. The van der Waals surface area contributed by atoms with Crippen LogP contribution >= 0.6 is 24.8 Å². The van der Waals surface area contributed by atoms with E-state index in [9.17, 15) is 4.79 Å². The maximum atomic E-state index is 11.8. The van der Waals surface area contributed by atoms with Crippen LogP contribution in [0, 0.1) is 0 Å². The van der Waals surface area contributed by atoms with Crippen LogP contribution in [-0.4, -0.2) is 28.9 Å². The minimum atomic E-state index is -0.579. The first-order chi connectivity index (χ1) is 10.6. The molecule has 6 heteroatoms. The van der Waals surface area contributed by atoms with Crippen molar-refractivity contribution in [3.05, 3.63) is 35.4 Å². The highest BCUT2D eigenvalue weighted by atomic mass is 35.5. The number of carbonyl (C=O) groups is 1. The smallest absolute Gasteiger partial charge is 0.240 e. The second-order valence-electron chi connectivity index (χ2n) is 6.97. The first-order valence-corrected chi connectivity index (χ1v) is 8.46. The van der Waals surface area contributed by atoms with E-state index in [0.717, 1.165) is 24.9 Å². The van der Waals surface area contributed by atoms with Gasteiger partial charge >= 0.3 is 0 Å². The van der Waals surface area contributed by atoms with Crippen molar-refractivity contribution >= 4 is 30.7 Å². The highest BCUT2D eigenvalue weighted by molar-refractivity contribution is 5.88. The van der Waals surface area contributed by atoms with Crippen LogP contribution in [0.15, 0.2) is 24.3 Å². The van der Waals surface area contributed by atoms with Gasteiger partial charge in [0.15, 0.2) is 0 Å². The quantitative estimate of drug-likeness (QED) is 0.833. The van der Waals surface area contributed by atoms with E-state index in [1.807, 2.05) is 0 Å². The molecule has 1 amide bonds. The van der Waals surface area contributed by atoms with Gasteiger partial charge in [0.25, 0.3) is 0 Å². The van der Waals surface area contributed by atoms with E-state index in [1.165, 1.54) is 31.4 Å². The van der Waals surface area contributed by atoms with E-state index >= 15 is 0 Å². The van der Waals surface area contributed by atoms with Gasteiger partial charge in [-0.2, -0.15) is 0 Å². The third-order valence-electron chi connectivity index (χ3n) is 5.04. The van der Waals surface area contributed by atoms with E-state index < -0.39 is 5.54 Å². The Balaban J connectivity index is 0.00000144.